The van der Waals surface area contributed by atoms with Gasteiger partial charge in [0.15, 0.2) is 0 Å². The Balaban J connectivity index is 1.92. The third kappa shape index (κ3) is 1.70. The van der Waals surface area contributed by atoms with Gasteiger partial charge in [0.05, 0.1) is 4.75 Å². The average molecular weight is 254 g/mol. The van der Waals surface area contributed by atoms with Gasteiger partial charge in [-0.05, 0) is 55.8 Å². The second kappa shape index (κ2) is 3.97. The molecule has 0 radical (unpaired) electrons. The number of amides is 1. The molecule has 4 nitrogen and oxygen atoms in total. The van der Waals surface area contributed by atoms with Crippen molar-refractivity contribution in [3.63, 3.8) is 0 Å². The van der Waals surface area contributed by atoms with E-state index < -0.39 is 0 Å². The van der Waals surface area contributed by atoms with E-state index in [9.17, 15) is 9.70 Å². The third-order valence-electron chi connectivity index (χ3n) is 5.18. The smallest absolute Gasteiger partial charge is 0.218 e. The molecular formula is C12H18N2O2S. The van der Waals surface area contributed by atoms with E-state index in [0.29, 0.717) is 18.3 Å². The summed E-state index contributed by atoms with van der Waals surface area (Å²) in [6.45, 7) is 0. The van der Waals surface area contributed by atoms with Crippen molar-refractivity contribution < 1.29 is 4.79 Å². The SMILES string of the molecule is NC(=O)CC1(SN=O)C2CC3CC(C2)CC1C3. The molecule has 0 aromatic heterocycles. The lowest BCUT2D eigenvalue weighted by atomic mass is 9.51. The highest BCUT2D eigenvalue weighted by atomic mass is 32.2. The topological polar surface area (TPSA) is 72.5 Å². The fraction of sp³-hybridized carbons (Fsp3) is 0.917. The standard InChI is InChI=1S/C12H18N2O2S/c13-11(15)6-12(17-14-16)9-2-7-1-8(4-9)5-10(12)3-7/h7-10H,1-6H2,(H2,13,15). The largest absolute Gasteiger partial charge is 0.370 e. The summed E-state index contributed by atoms with van der Waals surface area (Å²) >= 11 is 1.11. The Bertz CT molecular complexity index is 330. The van der Waals surface area contributed by atoms with Crippen LogP contribution in [0.15, 0.2) is 4.58 Å². The molecule has 4 aliphatic carbocycles. The van der Waals surface area contributed by atoms with Crippen LogP contribution in [-0.4, -0.2) is 10.7 Å². The second-order valence-electron chi connectivity index (χ2n) is 6.07. The fourth-order valence-electron chi connectivity index (χ4n) is 4.79. The van der Waals surface area contributed by atoms with E-state index in [0.717, 1.165) is 23.8 Å². The van der Waals surface area contributed by atoms with Crippen LogP contribution in [-0.2, 0) is 4.79 Å². The van der Waals surface area contributed by atoms with Crippen LogP contribution in [0.2, 0.25) is 0 Å². The molecule has 94 valence electrons. The molecule has 0 spiro atoms. The lowest BCUT2D eigenvalue weighted by molar-refractivity contribution is -0.121. The molecule has 0 aromatic rings. The Labute approximate surface area is 105 Å². The minimum absolute atomic E-state index is 0.263. The van der Waals surface area contributed by atoms with Crippen molar-refractivity contribution in [2.45, 2.75) is 43.3 Å². The molecule has 4 saturated carbocycles. The minimum atomic E-state index is -0.284. The van der Waals surface area contributed by atoms with Gasteiger partial charge in [0, 0.05) is 23.0 Å². The first-order chi connectivity index (χ1) is 8.14. The summed E-state index contributed by atoms with van der Waals surface area (Å²) in [4.78, 5) is 22.1. The summed E-state index contributed by atoms with van der Waals surface area (Å²) in [5.41, 5.74) is 5.39. The Morgan fingerprint density at radius 3 is 2.12 bits per heavy atom. The van der Waals surface area contributed by atoms with E-state index in [1.165, 1.54) is 32.1 Å². The van der Waals surface area contributed by atoms with Gasteiger partial charge in [-0.1, -0.05) is 0 Å². The van der Waals surface area contributed by atoms with E-state index in [1.807, 2.05) is 0 Å². The maximum Gasteiger partial charge on any atom is 0.218 e. The lowest BCUT2D eigenvalue weighted by Crippen LogP contribution is -2.56. The number of primary amides is 1. The zero-order valence-electron chi connectivity index (χ0n) is 9.80. The predicted molar refractivity (Wildman–Crippen MR) is 67.0 cm³/mol. The highest BCUT2D eigenvalue weighted by molar-refractivity contribution is 7.99. The van der Waals surface area contributed by atoms with Crippen molar-refractivity contribution in [2.75, 3.05) is 0 Å². The molecule has 5 heteroatoms. The molecule has 4 bridgehead atoms. The lowest BCUT2D eigenvalue weighted by Gasteiger charge is -2.59. The summed E-state index contributed by atoms with van der Waals surface area (Å²) < 4.78 is 2.80. The van der Waals surface area contributed by atoms with Crippen LogP contribution in [0.4, 0.5) is 0 Å². The molecule has 4 fully saturated rings. The van der Waals surface area contributed by atoms with Crippen molar-refractivity contribution in [3.8, 4) is 0 Å². The number of hydrogen-bond acceptors (Lipinski definition) is 4. The first-order valence-electron chi connectivity index (χ1n) is 6.43. The van der Waals surface area contributed by atoms with Gasteiger partial charge in [0.25, 0.3) is 0 Å². The highest BCUT2D eigenvalue weighted by Gasteiger charge is 2.58. The maximum atomic E-state index is 11.3. The number of nitrogens with two attached hydrogens (primary N) is 1. The van der Waals surface area contributed by atoms with Gasteiger partial charge < -0.3 is 5.73 Å². The first kappa shape index (κ1) is 11.5. The zero-order valence-corrected chi connectivity index (χ0v) is 10.6. The van der Waals surface area contributed by atoms with Crippen LogP contribution < -0.4 is 5.73 Å². The summed E-state index contributed by atoms with van der Waals surface area (Å²) in [6.07, 6.45) is 6.37. The van der Waals surface area contributed by atoms with E-state index in [-0.39, 0.29) is 10.7 Å². The number of carbonyl (C=O) groups excluding carboxylic acids is 1. The highest BCUT2D eigenvalue weighted by Crippen LogP contribution is 2.64. The van der Waals surface area contributed by atoms with Gasteiger partial charge in [0.2, 0.25) is 5.91 Å². The van der Waals surface area contributed by atoms with Crippen molar-refractivity contribution in [1.29, 1.82) is 0 Å². The normalized spacial score (nSPS) is 47.1. The van der Waals surface area contributed by atoms with Gasteiger partial charge in [0.1, 0.15) is 0 Å². The Morgan fingerprint density at radius 1 is 1.18 bits per heavy atom. The average Bonchev–Trinajstić information content (AvgIpc) is 2.24. The summed E-state index contributed by atoms with van der Waals surface area (Å²) in [5.74, 6) is 2.33. The molecule has 0 unspecified atom stereocenters. The number of nitrogens with zero attached hydrogens (tertiary/aromatic N) is 1. The Morgan fingerprint density at radius 2 is 1.71 bits per heavy atom. The van der Waals surface area contributed by atoms with Crippen LogP contribution in [0, 0.1) is 28.6 Å². The zero-order chi connectivity index (χ0) is 12.0. The van der Waals surface area contributed by atoms with Gasteiger partial charge in [-0.2, -0.15) is 0 Å². The van der Waals surface area contributed by atoms with Crippen LogP contribution in [0.3, 0.4) is 0 Å². The van der Waals surface area contributed by atoms with Gasteiger partial charge in [-0.15, -0.1) is 4.91 Å². The van der Waals surface area contributed by atoms with E-state index >= 15 is 0 Å². The molecule has 0 atom stereocenters. The molecule has 17 heavy (non-hydrogen) atoms. The van der Waals surface area contributed by atoms with E-state index in [1.54, 1.807) is 0 Å². The molecule has 0 saturated heterocycles. The van der Waals surface area contributed by atoms with Gasteiger partial charge >= 0.3 is 0 Å². The van der Waals surface area contributed by atoms with Crippen LogP contribution >= 0.6 is 11.9 Å². The van der Waals surface area contributed by atoms with E-state index in [4.69, 9.17) is 5.73 Å². The summed E-state index contributed by atoms with van der Waals surface area (Å²) in [7, 11) is 0. The molecule has 0 heterocycles. The summed E-state index contributed by atoms with van der Waals surface area (Å²) in [6, 6.07) is 0. The van der Waals surface area contributed by atoms with Gasteiger partial charge in [-0.25, -0.2) is 0 Å². The second-order valence-corrected chi connectivity index (χ2v) is 7.16. The first-order valence-corrected chi connectivity index (χ1v) is 7.20. The molecule has 2 N–H and O–H groups in total. The molecule has 0 aromatic carbocycles. The number of hydrogen-bond donors (Lipinski definition) is 1. The van der Waals surface area contributed by atoms with E-state index in [2.05, 4.69) is 4.58 Å². The maximum absolute atomic E-state index is 11.3. The van der Waals surface area contributed by atoms with Crippen molar-refractivity contribution >= 4 is 17.9 Å². The van der Waals surface area contributed by atoms with Crippen LogP contribution in [0.1, 0.15) is 38.5 Å². The Kier molecular flexibility index (Phi) is 2.69. The van der Waals surface area contributed by atoms with Crippen molar-refractivity contribution in [3.05, 3.63) is 4.91 Å². The number of carbonyl (C=O) groups is 1. The summed E-state index contributed by atoms with van der Waals surface area (Å²) in [5, 5.41) is 0. The molecule has 0 aliphatic heterocycles. The number of rotatable bonds is 4. The fourth-order valence-corrected chi connectivity index (χ4v) is 5.82. The van der Waals surface area contributed by atoms with Crippen LogP contribution in [0.25, 0.3) is 0 Å². The molecule has 4 rings (SSSR count). The monoisotopic (exact) mass is 254 g/mol. The molecule has 4 aliphatic rings. The predicted octanol–water partition coefficient (Wildman–Crippen LogP) is 2.47. The van der Waals surface area contributed by atoms with Crippen molar-refractivity contribution in [1.82, 2.24) is 0 Å². The van der Waals surface area contributed by atoms with Crippen molar-refractivity contribution in [2.24, 2.45) is 34.0 Å². The quantitative estimate of drug-likeness (QED) is 0.618. The van der Waals surface area contributed by atoms with Crippen LogP contribution in [0.5, 0.6) is 0 Å². The number of nitroso groups, excluding NO2 is 1. The minimum Gasteiger partial charge on any atom is -0.370 e. The third-order valence-corrected chi connectivity index (χ3v) is 6.40. The van der Waals surface area contributed by atoms with Gasteiger partial charge in [-0.3, -0.25) is 4.79 Å². The Hall–Kier alpha value is -0.580. The molecule has 1 amide bonds. The molecular weight excluding hydrogens is 236 g/mol.